The summed E-state index contributed by atoms with van der Waals surface area (Å²) in [4.78, 5) is 25.6. The van der Waals surface area contributed by atoms with Crippen molar-refractivity contribution in [1.82, 2.24) is 10.2 Å². The van der Waals surface area contributed by atoms with E-state index >= 15 is 0 Å². The number of esters is 1. The molecule has 3 rings (SSSR count). The fraction of sp³-hybridized carbons (Fsp3) is 0.529. The molecule has 2 saturated heterocycles. The highest BCUT2D eigenvalue weighted by Gasteiger charge is 2.45. The topological polar surface area (TPSA) is 77.1 Å². The first-order chi connectivity index (χ1) is 11.6. The number of amides is 1. The standard InChI is InChI=1S/C17H22N2O5/c1-22-14-9-12(3-4-13(14)15(20)23-2)10-19-11-17(24-16(19)21)5-7-18-8-6-17/h3-4,9,18H,5-8,10-11H2,1-2H3. The van der Waals surface area contributed by atoms with E-state index in [0.29, 0.717) is 24.4 Å². The fourth-order valence-corrected chi connectivity index (χ4v) is 3.29. The van der Waals surface area contributed by atoms with Gasteiger partial charge < -0.3 is 19.5 Å². The molecule has 0 atom stereocenters. The summed E-state index contributed by atoms with van der Waals surface area (Å²) in [7, 11) is 2.83. The Morgan fingerprint density at radius 2 is 2.08 bits per heavy atom. The van der Waals surface area contributed by atoms with Crippen molar-refractivity contribution in [2.24, 2.45) is 0 Å². The van der Waals surface area contributed by atoms with E-state index in [1.165, 1.54) is 14.2 Å². The first-order valence-electron chi connectivity index (χ1n) is 8.01. The molecular formula is C17H22N2O5. The molecule has 2 aliphatic heterocycles. The van der Waals surface area contributed by atoms with Crippen molar-refractivity contribution in [3.8, 4) is 5.75 Å². The van der Waals surface area contributed by atoms with Gasteiger partial charge in [0.1, 0.15) is 16.9 Å². The smallest absolute Gasteiger partial charge is 0.410 e. The minimum atomic E-state index is -0.451. The lowest BCUT2D eigenvalue weighted by Gasteiger charge is -2.31. The number of carbonyl (C=O) groups is 2. The van der Waals surface area contributed by atoms with E-state index in [9.17, 15) is 9.59 Å². The van der Waals surface area contributed by atoms with E-state index in [1.54, 1.807) is 23.1 Å². The van der Waals surface area contributed by atoms with E-state index in [1.807, 2.05) is 0 Å². The third-order valence-corrected chi connectivity index (χ3v) is 4.60. The van der Waals surface area contributed by atoms with Crippen LogP contribution in [-0.4, -0.2) is 56.4 Å². The van der Waals surface area contributed by atoms with Crippen LogP contribution in [0, 0.1) is 0 Å². The average molecular weight is 334 g/mol. The third kappa shape index (κ3) is 3.17. The van der Waals surface area contributed by atoms with Gasteiger partial charge in [0.15, 0.2) is 0 Å². The third-order valence-electron chi connectivity index (χ3n) is 4.60. The molecule has 2 fully saturated rings. The summed E-state index contributed by atoms with van der Waals surface area (Å²) < 4.78 is 15.7. The SMILES string of the molecule is COC(=O)c1ccc(CN2CC3(CCNCC3)OC2=O)cc1OC. The summed E-state index contributed by atoms with van der Waals surface area (Å²) in [5.41, 5.74) is 0.878. The second-order valence-electron chi connectivity index (χ2n) is 6.18. The van der Waals surface area contributed by atoms with Crippen LogP contribution in [0.4, 0.5) is 4.79 Å². The monoisotopic (exact) mass is 334 g/mol. The van der Waals surface area contributed by atoms with Crippen LogP contribution in [-0.2, 0) is 16.0 Å². The Labute approximate surface area is 140 Å². The van der Waals surface area contributed by atoms with E-state index in [4.69, 9.17) is 14.2 Å². The zero-order valence-corrected chi connectivity index (χ0v) is 14.0. The highest BCUT2D eigenvalue weighted by atomic mass is 16.6. The molecule has 7 nitrogen and oxygen atoms in total. The summed E-state index contributed by atoms with van der Waals surface area (Å²) in [5.74, 6) is -0.0175. The lowest BCUT2D eigenvalue weighted by molar-refractivity contribution is 0.0316. The highest BCUT2D eigenvalue weighted by Crippen LogP contribution is 2.32. The first-order valence-corrected chi connectivity index (χ1v) is 8.01. The molecule has 2 aliphatic rings. The van der Waals surface area contributed by atoms with Gasteiger partial charge in [-0.15, -0.1) is 0 Å². The lowest BCUT2D eigenvalue weighted by Crippen LogP contribution is -2.44. The van der Waals surface area contributed by atoms with Crippen molar-refractivity contribution < 1.29 is 23.8 Å². The van der Waals surface area contributed by atoms with Gasteiger partial charge in [0.25, 0.3) is 0 Å². The number of nitrogens with one attached hydrogen (secondary N) is 1. The van der Waals surface area contributed by atoms with Gasteiger partial charge in [-0.25, -0.2) is 9.59 Å². The predicted molar refractivity (Wildman–Crippen MR) is 86.1 cm³/mol. The summed E-state index contributed by atoms with van der Waals surface area (Å²) in [6, 6.07) is 5.21. The van der Waals surface area contributed by atoms with Crippen molar-refractivity contribution >= 4 is 12.1 Å². The maximum absolute atomic E-state index is 12.2. The molecule has 0 aliphatic carbocycles. The number of hydrogen-bond donors (Lipinski definition) is 1. The van der Waals surface area contributed by atoms with Gasteiger partial charge in [-0.3, -0.25) is 4.90 Å². The molecule has 1 spiro atoms. The van der Waals surface area contributed by atoms with Crippen molar-refractivity contribution in [3.05, 3.63) is 29.3 Å². The molecule has 0 saturated carbocycles. The molecule has 7 heteroatoms. The summed E-state index contributed by atoms with van der Waals surface area (Å²) in [6.45, 7) is 2.74. The Morgan fingerprint density at radius 3 is 2.75 bits per heavy atom. The molecule has 1 aromatic rings. The summed E-state index contributed by atoms with van der Waals surface area (Å²) in [5, 5.41) is 3.28. The van der Waals surface area contributed by atoms with Crippen molar-refractivity contribution in [3.63, 3.8) is 0 Å². The maximum Gasteiger partial charge on any atom is 0.410 e. The van der Waals surface area contributed by atoms with Gasteiger partial charge >= 0.3 is 12.1 Å². The van der Waals surface area contributed by atoms with Crippen LogP contribution < -0.4 is 10.1 Å². The van der Waals surface area contributed by atoms with E-state index < -0.39 is 5.97 Å². The Balaban J connectivity index is 1.74. The van der Waals surface area contributed by atoms with Gasteiger partial charge in [-0.05, 0) is 30.8 Å². The minimum Gasteiger partial charge on any atom is -0.496 e. The molecule has 1 N–H and O–H groups in total. The van der Waals surface area contributed by atoms with Gasteiger partial charge in [-0.1, -0.05) is 6.07 Å². The zero-order valence-electron chi connectivity index (χ0n) is 14.0. The van der Waals surface area contributed by atoms with Gasteiger partial charge in [0, 0.05) is 19.4 Å². The Bertz CT molecular complexity index is 640. The predicted octanol–water partition coefficient (Wildman–Crippen LogP) is 1.56. The Kier molecular flexibility index (Phi) is 4.62. The van der Waals surface area contributed by atoms with E-state index in [2.05, 4.69) is 5.32 Å². The maximum atomic E-state index is 12.2. The number of piperidine rings is 1. The molecule has 1 aromatic carbocycles. The molecule has 24 heavy (non-hydrogen) atoms. The molecule has 0 unspecified atom stereocenters. The fourth-order valence-electron chi connectivity index (χ4n) is 3.29. The van der Waals surface area contributed by atoms with Crippen LogP contribution >= 0.6 is 0 Å². The van der Waals surface area contributed by atoms with Crippen LogP contribution in [0.3, 0.4) is 0 Å². The number of nitrogens with zero attached hydrogens (tertiary/aromatic N) is 1. The number of rotatable bonds is 4. The summed E-state index contributed by atoms with van der Waals surface area (Å²) >= 11 is 0. The summed E-state index contributed by atoms with van der Waals surface area (Å²) in [6.07, 6.45) is 1.38. The number of hydrogen-bond acceptors (Lipinski definition) is 6. The molecule has 1 amide bonds. The lowest BCUT2D eigenvalue weighted by atomic mass is 9.92. The highest BCUT2D eigenvalue weighted by molar-refractivity contribution is 5.92. The van der Waals surface area contributed by atoms with Crippen LogP contribution in [0.2, 0.25) is 0 Å². The Morgan fingerprint density at radius 1 is 1.33 bits per heavy atom. The van der Waals surface area contributed by atoms with E-state index in [-0.39, 0.29) is 11.7 Å². The number of methoxy groups -OCH3 is 2. The molecule has 0 radical (unpaired) electrons. The second-order valence-corrected chi connectivity index (χ2v) is 6.18. The quantitative estimate of drug-likeness (QED) is 0.842. The van der Waals surface area contributed by atoms with Crippen LogP contribution in [0.1, 0.15) is 28.8 Å². The molecule has 0 bridgehead atoms. The number of benzene rings is 1. The van der Waals surface area contributed by atoms with Crippen molar-refractivity contribution in [2.75, 3.05) is 33.9 Å². The molecule has 130 valence electrons. The van der Waals surface area contributed by atoms with E-state index in [0.717, 1.165) is 31.5 Å². The van der Waals surface area contributed by atoms with Crippen LogP contribution in [0.15, 0.2) is 18.2 Å². The van der Waals surface area contributed by atoms with Gasteiger partial charge in [0.2, 0.25) is 0 Å². The molecular weight excluding hydrogens is 312 g/mol. The second kappa shape index (κ2) is 6.68. The minimum absolute atomic E-state index is 0.284. The van der Waals surface area contributed by atoms with Crippen molar-refractivity contribution in [1.29, 1.82) is 0 Å². The largest absolute Gasteiger partial charge is 0.496 e. The number of carbonyl (C=O) groups excluding carboxylic acids is 2. The molecule has 0 aromatic heterocycles. The van der Waals surface area contributed by atoms with Crippen LogP contribution in [0.25, 0.3) is 0 Å². The Hall–Kier alpha value is -2.28. The zero-order chi connectivity index (χ0) is 17.2. The normalized spacial score (nSPS) is 19.2. The van der Waals surface area contributed by atoms with Crippen LogP contribution in [0.5, 0.6) is 5.75 Å². The van der Waals surface area contributed by atoms with Gasteiger partial charge in [0.05, 0.1) is 20.8 Å². The number of ether oxygens (including phenoxy) is 3. The van der Waals surface area contributed by atoms with Gasteiger partial charge in [-0.2, -0.15) is 0 Å². The molecule has 2 heterocycles. The average Bonchev–Trinajstić information content (AvgIpc) is 2.89. The first kappa shape index (κ1) is 16.6. The van der Waals surface area contributed by atoms with Crippen molar-refractivity contribution in [2.45, 2.75) is 25.0 Å².